The van der Waals surface area contributed by atoms with Crippen molar-refractivity contribution in [2.24, 2.45) is 0 Å². The van der Waals surface area contributed by atoms with Crippen LogP contribution < -0.4 is 11.1 Å². The Morgan fingerprint density at radius 2 is 2.10 bits per heavy atom. The molecule has 0 saturated heterocycles. The molecule has 5 heteroatoms. The summed E-state index contributed by atoms with van der Waals surface area (Å²) in [5, 5.41) is 3.33. The largest absolute Gasteiger partial charge is 0.397 e. The predicted molar refractivity (Wildman–Crippen MR) is 86.4 cm³/mol. The fraction of sp³-hybridized carbons (Fsp3) is 0.133. The maximum absolute atomic E-state index is 11.9. The number of nitrogen functional groups attached to an aromatic ring is 1. The van der Waals surface area contributed by atoms with E-state index in [9.17, 15) is 4.79 Å². The minimum atomic E-state index is -0.0921. The van der Waals surface area contributed by atoms with Gasteiger partial charge in [0.25, 0.3) is 0 Å². The van der Waals surface area contributed by atoms with Gasteiger partial charge in [0.05, 0.1) is 17.1 Å². The molecule has 2 aromatic rings. The van der Waals surface area contributed by atoms with Crippen LogP contribution in [0.15, 0.2) is 47.4 Å². The number of amides is 1. The summed E-state index contributed by atoms with van der Waals surface area (Å²) in [7, 11) is 0. The van der Waals surface area contributed by atoms with E-state index in [0.717, 1.165) is 4.90 Å². The number of aryl methyl sites for hydroxylation is 1. The van der Waals surface area contributed by atoms with Crippen LogP contribution in [0.2, 0.25) is 5.02 Å². The second kappa shape index (κ2) is 6.68. The number of benzene rings is 2. The highest BCUT2D eigenvalue weighted by Gasteiger charge is 2.06. The highest BCUT2D eigenvalue weighted by molar-refractivity contribution is 8.00. The Kier molecular flexibility index (Phi) is 4.93. The van der Waals surface area contributed by atoms with Gasteiger partial charge in [-0.25, -0.2) is 0 Å². The van der Waals surface area contributed by atoms with E-state index in [-0.39, 0.29) is 5.91 Å². The minimum Gasteiger partial charge on any atom is -0.397 e. The molecule has 0 fully saturated rings. The molecule has 0 aliphatic carbocycles. The molecular weight excluding hydrogens is 292 g/mol. The molecule has 0 saturated carbocycles. The van der Waals surface area contributed by atoms with Gasteiger partial charge in [-0.15, -0.1) is 11.8 Å². The van der Waals surface area contributed by atoms with E-state index < -0.39 is 0 Å². The molecule has 0 aromatic heterocycles. The number of anilines is 2. The molecule has 0 spiro atoms. The molecule has 0 unspecified atom stereocenters. The van der Waals surface area contributed by atoms with Gasteiger partial charge in [0.15, 0.2) is 0 Å². The number of nitrogens with one attached hydrogen (secondary N) is 1. The van der Waals surface area contributed by atoms with Gasteiger partial charge >= 0.3 is 0 Å². The van der Waals surface area contributed by atoms with Crippen LogP contribution >= 0.6 is 23.4 Å². The van der Waals surface area contributed by atoms with Gasteiger partial charge in [0, 0.05) is 9.92 Å². The van der Waals surface area contributed by atoms with Gasteiger partial charge < -0.3 is 11.1 Å². The van der Waals surface area contributed by atoms with Crippen LogP contribution in [-0.4, -0.2) is 11.7 Å². The van der Waals surface area contributed by atoms with Crippen LogP contribution in [0.1, 0.15) is 5.56 Å². The topological polar surface area (TPSA) is 55.1 Å². The lowest BCUT2D eigenvalue weighted by atomic mass is 10.2. The first-order valence-corrected chi connectivity index (χ1v) is 7.45. The molecule has 0 bridgehead atoms. The highest BCUT2D eigenvalue weighted by atomic mass is 35.5. The molecule has 2 rings (SSSR count). The Labute approximate surface area is 127 Å². The standard InChI is InChI=1S/C15H15ClN2OS/c1-10-3-2-4-12(7-10)20-9-15(19)18-14-6-5-11(16)8-13(14)17/h2-8H,9,17H2,1H3,(H,18,19). The van der Waals surface area contributed by atoms with Gasteiger partial charge in [-0.05, 0) is 37.3 Å². The predicted octanol–water partition coefficient (Wildman–Crippen LogP) is 3.96. The van der Waals surface area contributed by atoms with Crippen molar-refractivity contribution in [3.63, 3.8) is 0 Å². The van der Waals surface area contributed by atoms with Crippen LogP contribution in [0, 0.1) is 6.92 Å². The zero-order valence-electron chi connectivity index (χ0n) is 11.0. The third-order valence-corrected chi connectivity index (χ3v) is 3.88. The maximum Gasteiger partial charge on any atom is 0.234 e. The van der Waals surface area contributed by atoms with Gasteiger partial charge in [-0.2, -0.15) is 0 Å². The fourth-order valence-corrected chi connectivity index (χ4v) is 2.68. The first-order chi connectivity index (χ1) is 9.54. The Balaban J connectivity index is 1.92. The molecule has 2 aromatic carbocycles. The summed E-state index contributed by atoms with van der Waals surface area (Å²) >= 11 is 7.30. The molecule has 0 heterocycles. The second-order valence-corrected chi connectivity index (χ2v) is 5.87. The normalized spacial score (nSPS) is 10.3. The van der Waals surface area contributed by atoms with E-state index in [4.69, 9.17) is 17.3 Å². The Bertz CT molecular complexity index is 631. The lowest BCUT2D eigenvalue weighted by molar-refractivity contribution is -0.113. The van der Waals surface area contributed by atoms with Crippen LogP contribution in [0.4, 0.5) is 11.4 Å². The number of thioether (sulfide) groups is 1. The maximum atomic E-state index is 11.9. The fourth-order valence-electron chi connectivity index (χ4n) is 1.69. The minimum absolute atomic E-state index is 0.0921. The Hall–Kier alpha value is -1.65. The molecular formula is C15H15ClN2OS. The van der Waals surface area contributed by atoms with Crippen LogP contribution in [0.3, 0.4) is 0 Å². The third-order valence-electron chi connectivity index (χ3n) is 2.65. The van der Waals surface area contributed by atoms with Crippen molar-refractivity contribution in [2.45, 2.75) is 11.8 Å². The highest BCUT2D eigenvalue weighted by Crippen LogP contribution is 2.24. The van der Waals surface area contributed by atoms with Crippen molar-refractivity contribution in [3.8, 4) is 0 Å². The third kappa shape index (κ3) is 4.18. The van der Waals surface area contributed by atoms with E-state index in [1.165, 1.54) is 17.3 Å². The lowest BCUT2D eigenvalue weighted by Gasteiger charge is -2.08. The molecule has 104 valence electrons. The molecule has 0 atom stereocenters. The van der Waals surface area contributed by atoms with Crippen LogP contribution in [0.25, 0.3) is 0 Å². The number of hydrogen-bond donors (Lipinski definition) is 2. The summed E-state index contributed by atoms with van der Waals surface area (Å²) in [6.45, 7) is 2.03. The second-order valence-electron chi connectivity index (χ2n) is 4.38. The Morgan fingerprint density at radius 3 is 2.80 bits per heavy atom. The summed E-state index contributed by atoms with van der Waals surface area (Å²) in [4.78, 5) is 13.0. The summed E-state index contributed by atoms with van der Waals surface area (Å²) in [6.07, 6.45) is 0. The average Bonchev–Trinajstić information content (AvgIpc) is 2.40. The number of halogens is 1. The summed E-state index contributed by atoms with van der Waals surface area (Å²) < 4.78 is 0. The summed E-state index contributed by atoms with van der Waals surface area (Å²) in [5.74, 6) is 0.247. The molecule has 20 heavy (non-hydrogen) atoms. The van der Waals surface area contributed by atoms with E-state index >= 15 is 0 Å². The molecule has 0 aliphatic heterocycles. The van der Waals surface area contributed by atoms with E-state index in [1.807, 2.05) is 25.1 Å². The van der Waals surface area contributed by atoms with Gasteiger partial charge in [0.2, 0.25) is 5.91 Å². The van der Waals surface area contributed by atoms with E-state index in [2.05, 4.69) is 11.4 Å². The molecule has 3 nitrogen and oxygen atoms in total. The van der Waals surface area contributed by atoms with Crippen LogP contribution in [0.5, 0.6) is 0 Å². The first kappa shape index (κ1) is 14.8. The van der Waals surface area contributed by atoms with Crippen molar-refractivity contribution in [1.82, 2.24) is 0 Å². The summed E-state index contributed by atoms with van der Waals surface area (Å²) in [6, 6.07) is 13.1. The molecule has 1 amide bonds. The quantitative estimate of drug-likeness (QED) is 0.664. The van der Waals surface area contributed by atoms with Gasteiger partial charge in [0.1, 0.15) is 0 Å². The average molecular weight is 307 g/mol. The Morgan fingerprint density at radius 1 is 1.30 bits per heavy atom. The zero-order chi connectivity index (χ0) is 14.5. The number of carbonyl (C=O) groups excluding carboxylic acids is 1. The lowest BCUT2D eigenvalue weighted by Crippen LogP contribution is -2.15. The van der Waals surface area contributed by atoms with Crippen molar-refractivity contribution in [1.29, 1.82) is 0 Å². The zero-order valence-corrected chi connectivity index (χ0v) is 12.6. The van der Waals surface area contributed by atoms with E-state index in [0.29, 0.717) is 22.2 Å². The molecule has 3 N–H and O–H groups in total. The number of carbonyl (C=O) groups is 1. The molecule has 0 aliphatic rings. The number of nitrogens with two attached hydrogens (primary N) is 1. The van der Waals surface area contributed by atoms with Crippen LogP contribution in [-0.2, 0) is 4.79 Å². The first-order valence-electron chi connectivity index (χ1n) is 6.09. The summed E-state index contributed by atoms with van der Waals surface area (Å²) in [5.41, 5.74) is 8.02. The van der Waals surface area contributed by atoms with E-state index in [1.54, 1.807) is 18.2 Å². The van der Waals surface area contributed by atoms with Crippen molar-refractivity contribution in [2.75, 3.05) is 16.8 Å². The van der Waals surface area contributed by atoms with Gasteiger partial charge in [-0.1, -0.05) is 29.3 Å². The number of hydrogen-bond acceptors (Lipinski definition) is 3. The van der Waals surface area contributed by atoms with Crippen molar-refractivity contribution < 1.29 is 4.79 Å². The van der Waals surface area contributed by atoms with Crippen molar-refractivity contribution in [3.05, 3.63) is 53.1 Å². The number of rotatable bonds is 4. The van der Waals surface area contributed by atoms with Gasteiger partial charge in [-0.3, -0.25) is 4.79 Å². The smallest absolute Gasteiger partial charge is 0.234 e. The molecule has 0 radical (unpaired) electrons. The SMILES string of the molecule is Cc1cccc(SCC(=O)Nc2ccc(Cl)cc2N)c1. The van der Waals surface area contributed by atoms with Crippen molar-refractivity contribution >= 4 is 40.6 Å². The monoisotopic (exact) mass is 306 g/mol.